The minimum absolute atomic E-state index is 0.954. The molecule has 0 saturated carbocycles. The summed E-state index contributed by atoms with van der Waals surface area (Å²) in [6.45, 7) is 6.85. The Hall–Kier alpha value is 0.0649. The van der Waals surface area contributed by atoms with Gasteiger partial charge in [-0.3, -0.25) is 0 Å². The van der Waals surface area contributed by atoms with Gasteiger partial charge in [0, 0.05) is 0 Å². The molecule has 0 bridgehead atoms. The van der Waals surface area contributed by atoms with Crippen LogP contribution in [0.1, 0.15) is 33.6 Å². The fourth-order valence-electron chi connectivity index (χ4n) is 0.757. The largest absolute Gasteiger partial charge is 0.123 e. The SMILES string of the molecule is CCCBC(C)CC. The van der Waals surface area contributed by atoms with Crippen molar-refractivity contribution in [2.45, 2.75) is 45.8 Å². The molecule has 0 aliphatic carbocycles. The summed E-state index contributed by atoms with van der Waals surface area (Å²) in [5, 5.41) is 0. The molecule has 0 radical (unpaired) electrons. The van der Waals surface area contributed by atoms with Crippen molar-refractivity contribution in [3.05, 3.63) is 0 Å². The van der Waals surface area contributed by atoms with E-state index in [9.17, 15) is 0 Å². The lowest BCUT2D eigenvalue weighted by atomic mass is 9.61. The van der Waals surface area contributed by atoms with Crippen LogP contribution in [0.4, 0.5) is 0 Å². The van der Waals surface area contributed by atoms with Crippen LogP contribution in [0.2, 0.25) is 12.1 Å². The molecule has 1 unspecified atom stereocenters. The van der Waals surface area contributed by atoms with Gasteiger partial charge in [-0.1, -0.05) is 45.8 Å². The molecule has 0 heterocycles. The predicted octanol–water partition coefficient (Wildman–Crippen LogP) is 2.47. The highest BCUT2D eigenvalue weighted by Crippen LogP contribution is 2.08. The van der Waals surface area contributed by atoms with Crippen molar-refractivity contribution in [3.63, 3.8) is 0 Å². The molecule has 48 valence electrons. The molecule has 1 heteroatoms. The summed E-state index contributed by atoms with van der Waals surface area (Å²) in [6.07, 6.45) is 4.11. The van der Waals surface area contributed by atoms with Crippen molar-refractivity contribution < 1.29 is 0 Å². The smallest absolute Gasteiger partial charge is 0.0775 e. The van der Waals surface area contributed by atoms with E-state index in [2.05, 4.69) is 20.8 Å². The first-order chi connectivity index (χ1) is 3.81. The maximum absolute atomic E-state index is 2.33. The molecule has 0 N–H and O–H groups in total. The quantitative estimate of drug-likeness (QED) is 0.490. The van der Waals surface area contributed by atoms with Crippen LogP contribution in [0.15, 0.2) is 0 Å². The molecule has 0 amide bonds. The van der Waals surface area contributed by atoms with Crippen LogP contribution in [0, 0.1) is 0 Å². The van der Waals surface area contributed by atoms with E-state index in [1.807, 2.05) is 0 Å². The highest BCUT2D eigenvalue weighted by molar-refractivity contribution is 6.37. The zero-order valence-corrected chi connectivity index (χ0v) is 6.41. The molecule has 0 aromatic carbocycles. The van der Waals surface area contributed by atoms with Crippen LogP contribution >= 0.6 is 0 Å². The van der Waals surface area contributed by atoms with Gasteiger partial charge in [0.05, 0.1) is 0 Å². The van der Waals surface area contributed by atoms with Crippen LogP contribution in [0.5, 0.6) is 0 Å². The van der Waals surface area contributed by atoms with Gasteiger partial charge in [-0.05, 0) is 0 Å². The number of hydrogen-bond donors (Lipinski definition) is 0. The van der Waals surface area contributed by atoms with Gasteiger partial charge in [0.25, 0.3) is 0 Å². The maximum atomic E-state index is 2.33. The molecule has 8 heavy (non-hydrogen) atoms. The molecular weight excluding hydrogens is 94.9 g/mol. The van der Waals surface area contributed by atoms with E-state index < -0.39 is 0 Å². The summed E-state index contributed by atoms with van der Waals surface area (Å²) < 4.78 is 0. The normalized spacial score (nSPS) is 13.4. The highest BCUT2D eigenvalue weighted by Gasteiger charge is 1.97. The third-order valence-electron chi connectivity index (χ3n) is 1.75. The summed E-state index contributed by atoms with van der Waals surface area (Å²) in [7, 11) is 1.42. The van der Waals surface area contributed by atoms with Gasteiger partial charge >= 0.3 is 0 Å². The van der Waals surface area contributed by atoms with Gasteiger partial charge < -0.3 is 0 Å². The Balaban J connectivity index is 2.86. The molecular formula is C7H17B. The zero-order valence-electron chi connectivity index (χ0n) is 6.41. The van der Waals surface area contributed by atoms with Crippen LogP contribution in [-0.4, -0.2) is 7.28 Å². The van der Waals surface area contributed by atoms with Gasteiger partial charge in [-0.2, -0.15) is 0 Å². The molecule has 0 aromatic rings. The van der Waals surface area contributed by atoms with Crippen molar-refractivity contribution in [2.75, 3.05) is 0 Å². The van der Waals surface area contributed by atoms with E-state index in [-0.39, 0.29) is 0 Å². The van der Waals surface area contributed by atoms with Crippen LogP contribution in [0.25, 0.3) is 0 Å². The Morgan fingerprint density at radius 1 is 1.38 bits per heavy atom. The van der Waals surface area contributed by atoms with Gasteiger partial charge in [0.1, 0.15) is 7.28 Å². The fourth-order valence-corrected chi connectivity index (χ4v) is 0.757. The van der Waals surface area contributed by atoms with Crippen molar-refractivity contribution in [3.8, 4) is 0 Å². The predicted molar refractivity (Wildman–Crippen MR) is 42.0 cm³/mol. The minimum atomic E-state index is 0.954. The first-order valence-electron chi connectivity index (χ1n) is 3.81. The fraction of sp³-hybridized carbons (Fsp3) is 1.00. The van der Waals surface area contributed by atoms with Crippen molar-refractivity contribution in [1.82, 2.24) is 0 Å². The second kappa shape index (κ2) is 5.21. The molecule has 0 aliphatic rings. The lowest BCUT2D eigenvalue weighted by Crippen LogP contribution is -1.95. The Kier molecular flexibility index (Phi) is 5.25. The van der Waals surface area contributed by atoms with Crippen molar-refractivity contribution in [1.29, 1.82) is 0 Å². The van der Waals surface area contributed by atoms with Gasteiger partial charge in [0.15, 0.2) is 0 Å². The van der Waals surface area contributed by atoms with E-state index in [0.717, 1.165) is 5.82 Å². The van der Waals surface area contributed by atoms with Gasteiger partial charge in [-0.25, -0.2) is 0 Å². The van der Waals surface area contributed by atoms with Crippen molar-refractivity contribution in [2.24, 2.45) is 0 Å². The van der Waals surface area contributed by atoms with E-state index in [4.69, 9.17) is 0 Å². The third-order valence-corrected chi connectivity index (χ3v) is 1.75. The lowest BCUT2D eigenvalue weighted by molar-refractivity contribution is 0.857. The molecule has 0 rings (SSSR count). The highest BCUT2D eigenvalue weighted by atomic mass is 13.8. The van der Waals surface area contributed by atoms with E-state index >= 15 is 0 Å². The third kappa shape index (κ3) is 4.23. The van der Waals surface area contributed by atoms with Crippen LogP contribution in [0.3, 0.4) is 0 Å². The molecule has 0 spiro atoms. The first-order valence-corrected chi connectivity index (χ1v) is 3.81. The Bertz CT molecular complexity index is 43.7. The summed E-state index contributed by atoms with van der Waals surface area (Å²) in [4.78, 5) is 0. The summed E-state index contributed by atoms with van der Waals surface area (Å²) in [5.41, 5.74) is 0. The van der Waals surface area contributed by atoms with E-state index in [1.54, 1.807) is 0 Å². The Morgan fingerprint density at radius 3 is 2.38 bits per heavy atom. The minimum Gasteiger partial charge on any atom is -0.0775 e. The Morgan fingerprint density at radius 2 is 2.00 bits per heavy atom. The topological polar surface area (TPSA) is 0 Å². The lowest BCUT2D eigenvalue weighted by Gasteiger charge is -2.02. The van der Waals surface area contributed by atoms with E-state index in [0.29, 0.717) is 0 Å². The van der Waals surface area contributed by atoms with E-state index in [1.165, 1.54) is 26.4 Å². The molecule has 0 aliphatic heterocycles. The van der Waals surface area contributed by atoms with Gasteiger partial charge in [0.2, 0.25) is 0 Å². The Labute approximate surface area is 53.9 Å². The average molecular weight is 112 g/mol. The molecule has 0 saturated heterocycles. The van der Waals surface area contributed by atoms with Crippen LogP contribution in [-0.2, 0) is 0 Å². The summed E-state index contributed by atoms with van der Waals surface area (Å²) in [5.74, 6) is 0.954. The maximum Gasteiger partial charge on any atom is 0.123 e. The van der Waals surface area contributed by atoms with Crippen molar-refractivity contribution >= 4 is 7.28 Å². The summed E-state index contributed by atoms with van der Waals surface area (Å²) >= 11 is 0. The standard InChI is InChI=1S/C7H17B/c1-4-6-8-7(3)5-2/h7-8H,4-6H2,1-3H3. The number of rotatable bonds is 4. The monoisotopic (exact) mass is 112 g/mol. The van der Waals surface area contributed by atoms with Gasteiger partial charge in [-0.15, -0.1) is 0 Å². The molecule has 0 fully saturated rings. The average Bonchev–Trinajstić information content (AvgIpc) is 1.83. The molecule has 0 aromatic heterocycles. The second-order valence-corrected chi connectivity index (χ2v) is 2.66. The van der Waals surface area contributed by atoms with Crippen LogP contribution < -0.4 is 0 Å². The number of hydrogen-bond acceptors (Lipinski definition) is 0. The summed E-state index contributed by atoms with van der Waals surface area (Å²) in [6, 6.07) is 0. The second-order valence-electron chi connectivity index (χ2n) is 2.66. The molecule has 1 atom stereocenters. The zero-order chi connectivity index (χ0) is 6.41. The molecule has 0 nitrogen and oxygen atoms in total. The first kappa shape index (κ1) is 8.06.